The number of halogens is 2. The van der Waals surface area contributed by atoms with Gasteiger partial charge in [0.1, 0.15) is 10.7 Å². The van der Waals surface area contributed by atoms with Gasteiger partial charge < -0.3 is 5.73 Å². The third kappa shape index (κ3) is 2.32. The van der Waals surface area contributed by atoms with Crippen molar-refractivity contribution in [2.45, 2.75) is 18.2 Å². The monoisotopic (exact) mass is 292 g/mol. The van der Waals surface area contributed by atoms with Gasteiger partial charge in [0, 0.05) is 13.1 Å². The molecule has 0 bridgehead atoms. The summed E-state index contributed by atoms with van der Waals surface area (Å²) in [6, 6.07) is 2.01. The van der Waals surface area contributed by atoms with E-state index in [0.29, 0.717) is 19.0 Å². The van der Waals surface area contributed by atoms with E-state index >= 15 is 0 Å². The number of nitrogens with zero attached hydrogens (tertiary/aromatic N) is 1. The van der Waals surface area contributed by atoms with Gasteiger partial charge in [-0.15, -0.1) is 0 Å². The minimum atomic E-state index is -3.69. The highest BCUT2D eigenvalue weighted by Gasteiger charge is 2.32. The SMILES string of the molecule is CC1CCN(S(=O)(=O)c2cc(N)c(F)cc2Cl)C1. The Morgan fingerprint density at radius 2 is 2.17 bits per heavy atom. The van der Waals surface area contributed by atoms with E-state index < -0.39 is 15.8 Å². The van der Waals surface area contributed by atoms with Crippen LogP contribution in [0, 0.1) is 11.7 Å². The van der Waals surface area contributed by atoms with Gasteiger partial charge in [0.25, 0.3) is 0 Å². The maximum atomic E-state index is 13.2. The Bertz CT molecular complexity index is 577. The first-order valence-corrected chi connectivity index (χ1v) is 7.39. The Labute approximate surface area is 111 Å². The second kappa shape index (κ2) is 4.68. The summed E-state index contributed by atoms with van der Waals surface area (Å²) in [6.07, 6.45) is 0.813. The average molecular weight is 293 g/mol. The van der Waals surface area contributed by atoms with E-state index in [1.807, 2.05) is 6.92 Å². The predicted octanol–water partition coefficient (Wildman–Crippen LogP) is 2.09. The van der Waals surface area contributed by atoms with Gasteiger partial charge in [0.2, 0.25) is 10.0 Å². The van der Waals surface area contributed by atoms with Crippen molar-refractivity contribution in [2.24, 2.45) is 5.92 Å². The standard InChI is InChI=1S/C11H14ClFN2O2S/c1-7-2-3-15(6-7)18(16,17)11-5-10(14)9(13)4-8(11)12/h4-5,7H,2-3,6,14H2,1H3. The molecule has 7 heteroatoms. The zero-order valence-electron chi connectivity index (χ0n) is 9.86. The molecule has 4 nitrogen and oxygen atoms in total. The summed E-state index contributed by atoms with van der Waals surface area (Å²) in [4.78, 5) is -0.128. The van der Waals surface area contributed by atoms with Crippen LogP contribution in [0.4, 0.5) is 10.1 Å². The summed E-state index contributed by atoms with van der Waals surface area (Å²) in [5.41, 5.74) is 5.18. The molecule has 1 heterocycles. The van der Waals surface area contributed by atoms with Gasteiger partial charge in [-0.05, 0) is 24.5 Å². The molecular formula is C11H14ClFN2O2S. The maximum Gasteiger partial charge on any atom is 0.244 e. The van der Waals surface area contributed by atoms with Crippen molar-refractivity contribution in [3.05, 3.63) is 23.0 Å². The summed E-state index contributed by atoms with van der Waals surface area (Å²) in [5, 5.41) is -0.138. The van der Waals surface area contributed by atoms with Crippen molar-refractivity contribution < 1.29 is 12.8 Å². The number of hydrogen-bond acceptors (Lipinski definition) is 3. The predicted molar refractivity (Wildman–Crippen MR) is 68.4 cm³/mol. The van der Waals surface area contributed by atoms with Crippen LogP contribution in [0.15, 0.2) is 17.0 Å². The van der Waals surface area contributed by atoms with Crippen LogP contribution >= 0.6 is 11.6 Å². The number of sulfonamides is 1. The smallest absolute Gasteiger partial charge is 0.244 e. The van der Waals surface area contributed by atoms with E-state index in [9.17, 15) is 12.8 Å². The molecular weight excluding hydrogens is 279 g/mol. The molecule has 1 aromatic carbocycles. The molecule has 100 valence electrons. The Kier molecular flexibility index (Phi) is 3.53. The lowest BCUT2D eigenvalue weighted by atomic mass is 10.2. The molecule has 1 atom stereocenters. The number of rotatable bonds is 2. The fourth-order valence-corrected chi connectivity index (χ4v) is 4.09. The van der Waals surface area contributed by atoms with E-state index in [1.54, 1.807) is 0 Å². The number of anilines is 1. The first-order valence-electron chi connectivity index (χ1n) is 5.57. The second-order valence-corrected chi connectivity index (χ2v) is 6.87. The van der Waals surface area contributed by atoms with Crippen molar-refractivity contribution in [1.29, 1.82) is 0 Å². The van der Waals surface area contributed by atoms with Gasteiger partial charge in [-0.25, -0.2) is 12.8 Å². The number of hydrogen-bond donors (Lipinski definition) is 1. The number of benzene rings is 1. The molecule has 2 N–H and O–H groups in total. The van der Waals surface area contributed by atoms with Crippen molar-refractivity contribution in [3.8, 4) is 0 Å². The van der Waals surface area contributed by atoms with Gasteiger partial charge in [-0.3, -0.25) is 0 Å². The normalized spacial score (nSPS) is 21.4. The van der Waals surface area contributed by atoms with Crippen LogP contribution in [0.1, 0.15) is 13.3 Å². The van der Waals surface area contributed by atoms with Crippen LogP contribution in [-0.4, -0.2) is 25.8 Å². The highest BCUT2D eigenvalue weighted by molar-refractivity contribution is 7.89. The molecule has 0 saturated carbocycles. The van der Waals surface area contributed by atoms with Gasteiger partial charge in [-0.1, -0.05) is 18.5 Å². The number of nitrogen functional groups attached to an aromatic ring is 1. The Balaban J connectivity index is 2.45. The molecule has 0 amide bonds. The van der Waals surface area contributed by atoms with Crippen LogP contribution in [-0.2, 0) is 10.0 Å². The molecule has 0 radical (unpaired) electrons. The molecule has 1 fully saturated rings. The molecule has 2 rings (SSSR count). The maximum absolute atomic E-state index is 13.2. The second-order valence-electron chi connectivity index (χ2n) is 4.56. The summed E-state index contributed by atoms with van der Waals surface area (Å²) in [5.74, 6) is -0.398. The minimum absolute atomic E-state index is 0.128. The van der Waals surface area contributed by atoms with Crippen LogP contribution in [0.25, 0.3) is 0 Å². The van der Waals surface area contributed by atoms with E-state index in [-0.39, 0.29) is 15.6 Å². The molecule has 18 heavy (non-hydrogen) atoms. The molecule has 0 spiro atoms. The Morgan fingerprint density at radius 1 is 1.50 bits per heavy atom. The van der Waals surface area contributed by atoms with Crippen LogP contribution in [0.3, 0.4) is 0 Å². The molecule has 1 aliphatic rings. The quantitative estimate of drug-likeness (QED) is 0.849. The molecule has 0 aliphatic carbocycles. The fraction of sp³-hybridized carbons (Fsp3) is 0.455. The highest BCUT2D eigenvalue weighted by Crippen LogP contribution is 2.31. The largest absolute Gasteiger partial charge is 0.396 e. The summed E-state index contributed by atoms with van der Waals surface area (Å²) < 4.78 is 39.2. The molecule has 1 unspecified atom stereocenters. The van der Waals surface area contributed by atoms with Gasteiger partial charge in [-0.2, -0.15) is 4.31 Å². The lowest BCUT2D eigenvalue weighted by molar-refractivity contribution is 0.464. The van der Waals surface area contributed by atoms with E-state index in [2.05, 4.69) is 0 Å². The van der Waals surface area contributed by atoms with E-state index in [0.717, 1.165) is 18.6 Å². The zero-order valence-corrected chi connectivity index (χ0v) is 11.4. The number of nitrogens with two attached hydrogens (primary N) is 1. The van der Waals surface area contributed by atoms with Crippen molar-refractivity contribution in [3.63, 3.8) is 0 Å². The van der Waals surface area contributed by atoms with Gasteiger partial charge in [0.05, 0.1) is 10.7 Å². The highest BCUT2D eigenvalue weighted by atomic mass is 35.5. The summed E-state index contributed by atoms with van der Waals surface area (Å²) in [6.45, 7) is 2.89. The summed E-state index contributed by atoms with van der Waals surface area (Å²) >= 11 is 5.80. The van der Waals surface area contributed by atoms with Gasteiger partial charge in [0.15, 0.2) is 0 Å². The molecule has 1 aliphatic heterocycles. The molecule has 0 aromatic heterocycles. The van der Waals surface area contributed by atoms with Crippen LogP contribution in [0.2, 0.25) is 5.02 Å². The van der Waals surface area contributed by atoms with Crippen molar-refractivity contribution in [2.75, 3.05) is 18.8 Å². The molecule has 1 aromatic rings. The van der Waals surface area contributed by atoms with Crippen LogP contribution < -0.4 is 5.73 Å². The third-order valence-corrected chi connectivity index (χ3v) is 5.39. The van der Waals surface area contributed by atoms with Crippen LogP contribution in [0.5, 0.6) is 0 Å². The zero-order chi connectivity index (χ0) is 13.5. The van der Waals surface area contributed by atoms with Gasteiger partial charge >= 0.3 is 0 Å². The minimum Gasteiger partial charge on any atom is -0.396 e. The lowest BCUT2D eigenvalue weighted by Gasteiger charge is -2.17. The fourth-order valence-electron chi connectivity index (χ4n) is 1.99. The van der Waals surface area contributed by atoms with E-state index in [1.165, 1.54) is 4.31 Å². The topological polar surface area (TPSA) is 63.4 Å². The van der Waals surface area contributed by atoms with E-state index in [4.69, 9.17) is 17.3 Å². The lowest BCUT2D eigenvalue weighted by Crippen LogP contribution is -2.29. The average Bonchev–Trinajstić information content (AvgIpc) is 2.70. The first-order chi connectivity index (χ1) is 8.32. The Morgan fingerprint density at radius 3 is 2.72 bits per heavy atom. The third-order valence-electron chi connectivity index (χ3n) is 3.06. The molecule has 1 saturated heterocycles. The summed E-state index contributed by atoms with van der Waals surface area (Å²) in [7, 11) is -3.69. The van der Waals surface area contributed by atoms with Crippen molar-refractivity contribution >= 4 is 27.3 Å². The Hall–Kier alpha value is -0.850. The first kappa shape index (κ1) is 13.6. The van der Waals surface area contributed by atoms with Crippen molar-refractivity contribution in [1.82, 2.24) is 4.31 Å².